The predicted octanol–water partition coefficient (Wildman–Crippen LogP) is 0.0967. The smallest absolute Gasteiger partial charge is 0.236 e. The molecule has 0 aliphatic carbocycles. The molecule has 0 bridgehead atoms. The van der Waals surface area contributed by atoms with Gasteiger partial charge in [-0.25, -0.2) is 0 Å². The Kier molecular flexibility index (Phi) is 7.45. The summed E-state index contributed by atoms with van der Waals surface area (Å²) in [5, 5.41) is 10.8. The number of nitriles is 1. The number of nitrogens with zero attached hydrogens (tertiary/aromatic N) is 1. The number of hydrogen-bond donors (Lipinski definition) is 2. The van der Waals surface area contributed by atoms with E-state index in [1.807, 2.05) is 12.3 Å². The number of carbonyl (C=O) groups excluding carboxylic acids is 1. The third-order valence-electron chi connectivity index (χ3n) is 1.51. The number of thioether (sulfide) groups is 1. The molecule has 0 aliphatic rings. The van der Waals surface area contributed by atoms with Gasteiger partial charge in [-0.2, -0.15) is 17.0 Å². The number of rotatable bonds is 6. The third kappa shape index (κ3) is 6.43. The molecule has 0 aromatic carbocycles. The zero-order chi connectivity index (χ0) is 10.1. The van der Waals surface area contributed by atoms with E-state index in [1.54, 1.807) is 11.8 Å². The van der Waals surface area contributed by atoms with Crippen LogP contribution in [0.4, 0.5) is 0 Å². The normalized spacial score (nSPS) is 11.8. The fraction of sp³-hybridized carbons (Fsp3) is 0.750. The topological polar surface area (TPSA) is 78.9 Å². The minimum absolute atomic E-state index is 0.163. The lowest BCUT2D eigenvalue weighted by atomic mass is 10.2. The number of amides is 1. The van der Waals surface area contributed by atoms with Crippen molar-refractivity contribution in [2.24, 2.45) is 5.73 Å². The van der Waals surface area contributed by atoms with E-state index in [0.717, 1.165) is 5.75 Å². The highest BCUT2D eigenvalue weighted by atomic mass is 32.2. The highest BCUT2D eigenvalue weighted by Gasteiger charge is 2.11. The van der Waals surface area contributed by atoms with Gasteiger partial charge in [0.25, 0.3) is 0 Å². The van der Waals surface area contributed by atoms with Gasteiger partial charge >= 0.3 is 0 Å². The Morgan fingerprint density at radius 3 is 3.00 bits per heavy atom. The molecule has 0 aromatic rings. The molecule has 1 atom stereocenters. The maximum absolute atomic E-state index is 11.2. The molecule has 0 radical (unpaired) electrons. The van der Waals surface area contributed by atoms with Crippen LogP contribution in [-0.2, 0) is 4.79 Å². The molecule has 0 fully saturated rings. The summed E-state index contributed by atoms with van der Waals surface area (Å²) < 4.78 is 0. The Labute approximate surface area is 82.9 Å². The summed E-state index contributed by atoms with van der Waals surface area (Å²) in [6.07, 6.45) is 2.99. The van der Waals surface area contributed by atoms with Gasteiger partial charge in [0, 0.05) is 6.54 Å². The van der Waals surface area contributed by atoms with Crippen molar-refractivity contribution in [1.29, 1.82) is 5.26 Å². The first-order valence-corrected chi connectivity index (χ1v) is 5.51. The molecule has 0 aliphatic heterocycles. The SMILES string of the molecule is CSCC[C@H](N)C(=O)NCCC#N. The maximum Gasteiger partial charge on any atom is 0.236 e. The molecular weight excluding hydrogens is 186 g/mol. The number of carbonyl (C=O) groups is 1. The summed E-state index contributed by atoms with van der Waals surface area (Å²) in [6.45, 7) is 0.391. The van der Waals surface area contributed by atoms with Crippen molar-refractivity contribution in [3.05, 3.63) is 0 Å². The van der Waals surface area contributed by atoms with Crippen molar-refractivity contribution in [1.82, 2.24) is 5.32 Å². The Hall–Kier alpha value is -0.730. The molecule has 5 heteroatoms. The Morgan fingerprint density at radius 1 is 1.77 bits per heavy atom. The fourth-order valence-electron chi connectivity index (χ4n) is 0.749. The van der Waals surface area contributed by atoms with Gasteiger partial charge in [0.1, 0.15) is 0 Å². The van der Waals surface area contributed by atoms with Crippen LogP contribution in [0.3, 0.4) is 0 Å². The van der Waals surface area contributed by atoms with Crippen molar-refractivity contribution in [2.75, 3.05) is 18.6 Å². The molecule has 0 saturated carbocycles. The first-order valence-electron chi connectivity index (χ1n) is 4.11. The van der Waals surface area contributed by atoms with E-state index in [4.69, 9.17) is 11.0 Å². The van der Waals surface area contributed by atoms with Crippen molar-refractivity contribution in [2.45, 2.75) is 18.9 Å². The van der Waals surface area contributed by atoms with Crippen LogP contribution in [0.1, 0.15) is 12.8 Å². The van der Waals surface area contributed by atoms with Gasteiger partial charge in [-0.3, -0.25) is 4.79 Å². The van der Waals surface area contributed by atoms with Crippen molar-refractivity contribution in [3.63, 3.8) is 0 Å². The van der Waals surface area contributed by atoms with Crippen molar-refractivity contribution in [3.8, 4) is 6.07 Å². The molecule has 74 valence electrons. The van der Waals surface area contributed by atoms with E-state index in [1.165, 1.54) is 0 Å². The number of hydrogen-bond acceptors (Lipinski definition) is 4. The molecule has 0 unspecified atom stereocenters. The molecule has 13 heavy (non-hydrogen) atoms. The molecule has 0 rings (SSSR count). The van der Waals surface area contributed by atoms with Crippen LogP contribution in [0.15, 0.2) is 0 Å². The molecule has 4 nitrogen and oxygen atoms in total. The largest absolute Gasteiger partial charge is 0.354 e. The van der Waals surface area contributed by atoms with Gasteiger partial charge < -0.3 is 11.1 Å². The summed E-state index contributed by atoms with van der Waals surface area (Å²) in [5.74, 6) is 0.719. The highest BCUT2D eigenvalue weighted by molar-refractivity contribution is 7.98. The van der Waals surface area contributed by atoms with Crippen LogP contribution in [0.25, 0.3) is 0 Å². The van der Waals surface area contributed by atoms with E-state index in [2.05, 4.69) is 5.32 Å². The average molecular weight is 201 g/mol. The molecule has 0 saturated heterocycles. The second kappa shape index (κ2) is 7.90. The predicted molar refractivity (Wildman–Crippen MR) is 54.2 cm³/mol. The van der Waals surface area contributed by atoms with Crippen LogP contribution in [-0.4, -0.2) is 30.5 Å². The highest BCUT2D eigenvalue weighted by Crippen LogP contribution is 1.98. The summed E-state index contributed by atoms with van der Waals surface area (Å²) >= 11 is 1.66. The fourth-order valence-corrected chi connectivity index (χ4v) is 1.24. The zero-order valence-electron chi connectivity index (χ0n) is 7.75. The second-order valence-corrected chi connectivity index (χ2v) is 3.57. The Bertz CT molecular complexity index is 190. The van der Waals surface area contributed by atoms with E-state index >= 15 is 0 Å². The van der Waals surface area contributed by atoms with Crippen molar-refractivity contribution >= 4 is 17.7 Å². The zero-order valence-corrected chi connectivity index (χ0v) is 8.56. The van der Waals surface area contributed by atoms with Crippen LogP contribution >= 0.6 is 11.8 Å². The Morgan fingerprint density at radius 2 is 2.46 bits per heavy atom. The second-order valence-electron chi connectivity index (χ2n) is 2.59. The van der Waals surface area contributed by atoms with Gasteiger partial charge in [-0.1, -0.05) is 0 Å². The van der Waals surface area contributed by atoms with E-state index in [-0.39, 0.29) is 5.91 Å². The lowest BCUT2D eigenvalue weighted by molar-refractivity contribution is -0.122. The minimum atomic E-state index is -0.439. The Balaban J connectivity index is 3.52. The summed E-state index contributed by atoms with van der Waals surface area (Å²) in [6, 6.07) is 1.51. The molecular formula is C8H15N3OS. The van der Waals surface area contributed by atoms with Gasteiger partial charge in [-0.15, -0.1) is 0 Å². The van der Waals surface area contributed by atoms with Crippen LogP contribution < -0.4 is 11.1 Å². The van der Waals surface area contributed by atoms with E-state index in [0.29, 0.717) is 19.4 Å². The first-order chi connectivity index (χ1) is 6.22. The number of nitrogens with two attached hydrogens (primary N) is 1. The van der Waals surface area contributed by atoms with Gasteiger partial charge in [-0.05, 0) is 18.4 Å². The van der Waals surface area contributed by atoms with Gasteiger partial charge in [0.2, 0.25) is 5.91 Å². The third-order valence-corrected chi connectivity index (χ3v) is 2.15. The lowest BCUT2D eigenvalue weighted by Crippen LogP contribution is -2.41. The maximum atomic E-state index is 11.2. The molecule has 0 aromatic heterocycles. The molecule has 1 amide bonds. The first kappa shape index (κ1) is 12.3. The summed E-state index contributed by atoms with van der Waals surface area (Å²) in [7, 11) is 0. The van der Waals surface area contributed by atoms with E-state index < -0.39 is 6.04 Å². The van der Waals surface area contributed by atoms with E-state index in [9.17, 15) is 4.79 Å². The minimum Gasteiger partial charge on any atom is -0.354 e. The molecule has 0 spiro atoms. The summed E-state index contributed by atoms with van der Waals surface area (Å²) in [4.78, 5) is 11.2. The monoisotopic (exact) mass is 201 g/mol. The van der Waals surface area contributed by atoms with Crippen LogP contribution in [0.5, 0.6) is 0 Å². The summed E-state index contributed by atoms with van der Waals surface area (Å²) in [5.41, 5.74) is 5.58. The van der Waals surface area contributed by atoms with Gasteiger partial charge in [0.15, 0.2) is 0 Å². The lowest BCUT2D eigenvalue weighted by Gasteiger charge is -2.09. The van der Waals surface area contributed by atoms with Crippen molar-refractivity contribution < 1.29 is 4.79 Å². The number of nitrogens with one attached hydrogen (secondary N) is 1. The standard InChI is InChI=1S/C8H15N3OS/c1-13-6-3-7(10)8(12)11-5-2-4-9/h7H,2-3,5-6,10H2,1H3,(H,11,12)/t7-/m0/s1. The van der Waals surface area contributed by atoms with Gasteiger partial charge in [0.05, 0.1) is 18.5 Å². The van der Waals surface area contributed by atoms with Crippen LogP contribution in [0, 0.1) is 11.3 Å². The van der Waals surface area contributed by atoms with Crippen LogP contribution in [0.2, 0.25) is 0 Å². The quantitative estimate of drug-likeness (QED) is 0.597. The molecule has 0 heterocycles. The molecule has 3 N–H and O–H groups in total. The average Bonchev–Trinajstić information content (AvgIpc) is 2.14.